The zero-order valence-electron chi connectivity index (χ0n) is 31.3. The van der Waals surface area contributed by atoms with Crippen molar-refractivity contribution >= 4 is 97.6 Å². The van der Waals surface area contributed by atoms with E-state index in [0.717, 1.165) is 44.4 Å². The van der Waals surface area contributed by atoms with Gasteiger partial charge in [-0.2, -0.15) is 0 Å². The minimum atomic E-state index is 0.711. The first-order chi connectivity index (χ1) is 28.8. The molecule has 0 fully saturated rings. The average Bonchev–Trinajstić information content (AvgIpc) is 3.80. The van der Waals surface area contributed by atoms with Gasteiger partial charge in [0.15, 0.2) is 5.82 Å². The van der Waals surface area contributed by atoms with Crippen molar-refractivity contribution in [2.45, 2.75) is 0 Å². The summed E-state index contributed by atoms with van der Waals surface area (Å²) in [5.41, 5.74) is 7.74. The van der Waals surface area contributed by atoms with E-state index in [1.165, 1.54) is 70.3 Å². The minimum Gasteiger partial charge on any atom is -0.308 e. The second-order valence-corrected chi connectivity index (χ2v) is 15.3. The van der Waals surface area contributed by atoms with Gasteiger partial charge >= 0.3 is 0 Å². The van der Waals surface area contributed by atoms with Crippen LogP contribution in [0.25, 0.3) is 120 Å². The summed E-state index contributed by atoms with van der Waals surface area (Å²) in [6.45, 7) is 0. The average molecular weight is 737 g/mol. The van der Waals surface area contributed by atoms with E-state index in [2.05, 4.69) is 203 Å². The molecule has 13 aromatic rings. The van der Waals surface area contributed by atoms with Crippen LogP contribution in [0.4, 0.5) is 0 Å². The molecule has 0 N–H and O–H groups in total. The van der Waals surface area contributed by atoms with E-state index in [0.29, 0.717) is 5.82 Å². The van der Waals surface area contributed by atoms with E-state index in [4.69, 9.17) is 9.97 Å². The highest BCUT2D eigenvalue weighted by Crippen LogP contribution is 2.42. The van der Waals surface area contributed by atoms with Crippen molar-refractivity contribution in [3.63, 3.8) is 0 Å². The third kappa shape index (κ3) is 4.34. The molecule has 0 aliphatic carbocycles. The zero-order valence-corrected chi connectivity index (χ0v) is 31.3. The van der Waals surface area contributed by atoms with Crippen LogP contribution in [0.3, 0.4) is 0 Å². The Bertz CT molecular complexity index is 3870. The Morgan fingerprint density at radius 3 is 1.74 bits per heavy atom. The van der Waals surface area contributed by atoms with Gasteiger partial charge in [-0.1, -0.05) is 146 Å². The maximum absolute atomic E-state index is 5.55. The highest BCUT2D eigenvalue weighted by molar-refractivity contribution is 6.21. The maximum atomic E-state index is 5.55. The fraction of sp³-hybridized carbons (Fsp3) is 0. The highest BCUT2D eigenvalue weighted by Gasteiger charge is 2.22. The third-order valence-electron chi connectivity index (χ3n) is 12.3. The first kappa shape index (κ1) is 31.4. The van der Waals surface area contributed by atoms with Crippen molar-refractivity contribution in [3.8, 4) is 22.9 Å². The molecule has 13 rings (SSSR count). The van der Waals surface area contributed by atoms with Crippen LogP contribution in [0.5, 0.6) is 0 Å². The lowest BCUT2D eigenvalue weighted by Crippen LogP contribution is -2.03. The summed E-state index contributed by atoms with van der Waals surface area (Å²) in [7, 11) is 0. The first-order valence-electron chi connectivity index (χ1n) is 19.8. The number of para-hydroxylation sites is 3. The van der Waals surface area contributed by atoms with Gasteiger partial charge < -0.3 is 4.57 Å². The lowest BCUT2D eigenvalue weighted by molar-refractivity contribution is 1.08. The van der Waals surface area contributed by atoms with Crippen LogP contribution < -0.4 is 0 Å². The summed E-state index contributed by atoms with van der Waals surface area (Å²) >= 11 is 0. The maximum Gasteiger partial charge on any atom is 0.162 e. The smallest absolute Gasteiger partial charge is 0.162 e. The molecule has 268 valence electrons. The summed E-state index contributed by atoms with van der Waals surface area (Å²) in [6.07, 6.45) is 0. The Balaban J connectivity index is 1.12. The van der Waals surface area contributed by atoms with Gasteiger partial charge in [-0.05, 0) is 80.8 Å². The molecule has 4 nitrogen and oxygen atoms in total. The molecule has 0 bridgehead atoms. The number of nitrogens with zero attached hydrogens (tertiary/aromatic N) is 4. The largest absolute Gasteiger partial charge is 0.308 e. The SMILES string of the molecule is c1cc(-n2c3ccccc3c3ccc4ccccc4c32)c2cc3c4ccccc4n(-c4nc(-c5cc6ccccc6c6ccccc56)nc5ccccc45)c3cc2c1. The van der Waals surface area contributed by atoms with Gasteiger partial charge in [0.05, 0.1) is 33.3 Å². The van der Waals surface area contributed by atoms with Crippen molar-refractivity contribution in [3.05, 3.63) is 194 Å². The van der Waals surface area contributed by atoms with Crippen molar-refractivity contribution in [2.24, 2.45) is 0 Å². The summed E-state index contributed by atoms with van der Waals surface area (Å²) in [4.78, 5) is 10.8. The van der Waals surface area contributed by atoms with Gasteiger partial charge in [0.25, 0.3) is 0 Å². The number of benzene rings is 10. The standard InChI is InChI=1S/C54H32N4/c1-4-18-37-33(14-1)28-29-42-40-21-8-11-25-48(40)57(52(37)42)50-27-13-16-35-31-51-45(32-44(35)50)41-22-9-12-26-49(41)58(51)54-43-23-7-10-24-47(43)55-53(56-54)46-30-34-15-2-3-17-36(34)38-19-5-6-20-39(38)46/h1-32H. The van der Waals surface area contributed by atoms with Crippen molar-refractivity contribution < 1.29 is 0 Å². The van der Waals surface area contributed by atoms with Crippen LogP contribution in [0.2, 0.25) is 0 Å². The topological polar surface area (TPSA) is 35.6 Å². The number of rotatable bonds is 3. The van der Waals surface area contributed by atoms with Crippen LogP contribution in [-0.2, 0) is 0 Å². The zero-order chi connectivity index (χ0) is 37.9. The van der Waals surface area contributed by atoms with Crippen LogP contribution >= 0.6 is 0 Å². The Labute approximate surface area is 332 Å². The molecule has 0 spiro atoms. The summed E-state index contributed by atoms with van der Waals surface area (Å²) in [5, 5.41) is 15.5. The van der Waals surface area contributed by atoms with E-state index < -0.39 is 0 Å². The Morgan fingerprint density at radius 1 is 0.310 bits per heavy atom. The Hall–Kier alpha value is -7.82. The minimum absolute atomic E-state index is 0.711. The number of hydrogen-bond acceptors (Lipinski definition) is 2. The van der Waals surface area contributed by atoms with Crippen molar-refractivity contribution in [1.82, 2.24) is 19.1 Å². The summed E-state index contributed by atoms with van der Waals surface area (Å²) < 4.78 is 4.85. The molecular formula is C54H32N4. The molecule has 4 heteroatoms. The van der Waals surface area contributed by atoms with Gasteiger partial charge in [-0.25, -0.2) is 9.97 Å². The van der Waals surface area contributed by atoms with Gasteiger partial charge in [0, 0.05) is 43.3 Å². The highest BCUT2D eigenvalue weighted by atomic mass is 15.1. The number of hydrogen-bond donors (Lipinski definition) is 0. The molecule has 3 aromatic heterocycles. The molecule has 0 unspecified atom stereocenters. The lowest BCUT2D eigenvalue weighted by Gasteiger charge is -2.15. The first-order valence-corrected chi connectivity index (χ1v) is 19.8. The molecule has 0 radical (unpaired) electrons. The van der Waals surface area contributed by atoms with Crippen LogP contribution in [0, 0.1) is 0 Å². The van der Waals surface area contributed by atoms with Gasteiger partial charge in [0.2, 0.25) is 0 Å². The predicted octanol–water partition coefficient (Wildman–Crippen LogP) is 14.1. The van der Waals surface area contributed by atoms with Gasteiger partial charge in [0.1, 0.15) is 5.82 Å². The number of aromatic nitrogens is 4. The Kier molecular flexibility index (Phi) is 6.41. The predicted molar refractivity (Wildman–Crippen MR) is 244 cm³/mol. The molecular weight excluding hydrogens is 705 g/mol. The van der Waals surface area contributed by atoms with Crippen LogP contribution in [-0.4, -0.2) is 19.1 Å². The molecule has 3 heterocycles. The normalized spacial score (nSPS) is 12.1. The van der Waals surface area contributed by atoms with E-state index >= 15 is 0 Å². The van der Waals surface area contributed by atoms with Crippen molar-refractivity contribution in [2.75, 3.05) is 0 Å². The molecule has 0 aliphatic rings. The Morgan fingerprint density at radius 2 is 0.914 bits per heavy atom. The molecule has 0 saturated heterocycles. The molecule has 0 aliphatic heterocycles. The quantitative estimate of drug-likeness (QED) is 0.169. The van der Waals surface area contributed by atoms with E-state index in [1.807, 2.05) is 0 Å². The lowest BCUT2D eigenvalue weighted by atomic mass is 9.97. The second kappa shape index (κ2) is 11.8. The third-order valence-corrected chi connectivity index (χ3v) is 12.3. The van der Waals surface area contributed by atoms with E-state index in [9.17, 15) is 0 Å². The second-order valence-electron chi connectivity index (χ2n) is 15.3. The molecule has 0 atom stereocenters. The number of fused-ring (bicyclic) bond motifs is 13. The fourth-order valence-corrected chi connectivity index (χ4v) is 9.72. The monoisotopic (exact) mass is 736 g/mol. The van der Waals surface area contributed by atoms with Gasteiger partial charge in [-0.3, -0.25) is 4.57 Å². The summed E-state index contributed by atoms with van der Waals surface area (Å²) in [5.74, 6) is 1.58. The fourth-order valence-electron chi connectivity index (χ4n) is 9.72. The van der Waals surface area contributed by atoms with Crippen molar-refractivity contribution in [1.29, 1.82) is 0 Å². The van der Waals surface area contributed by atoms with E-state index in [1.54, 1.807) is 0 Å². The van der Waals surface area contributed by atoms with Crippen LogP contribution in [0.15, 0.2) is 194 Å². The molecule has 0 amide bonds. The molecule has 58 heavy (non-hydrogen) atoms. The molecule has 0 saturated carbocycles. The van der Waals surface area contributed by atoms with Gasteiger partial charge in [-0.15, -0.1) is 0 Å². The van der Waals surface area contributed by atoms with E-state index in [-0.39, 0.29) is 0 Å². The summed E-state index contributed by atoms with van der Waals surface area (Å²) in [6, 6.07) is 70.2. The van der Waals surface area contributed by atoms with Crippen LogP contribution in [0.1, 0.15) is 0 Å². The molecule has 10 aromatic carbocycles.